The van der Waals surface area contributed by atoms with Gasteiger partial charge in [0.05, 0.1) is 18.7 Å². The number of amides is 1. The Morgan fingerprint density at radius 2 is 2.30 bits per heavy atom. The number of allylic oxidation sites excluding steroid dienone is 6. The first kappa shape index (κ1) is 19.1. The molecule has 1 aromatic rings. The van der Waals surface area contributed by atoms with Gasteiger partial charge in [-0.2, -0.15) is 0 Å². The van der Waals surface area contributed by atoms with Crippen LogP contribution in [0.5, 0.6) is 0 Å². The van der Waals surface area contributed by atoms with Crippen molar-refractivity contribution in [2.75, 3.05) is 13.2 Å². The van der Waals surface area contributed by atoms with Gasteiger partial charge in [-0.15, -0.1) is 0 Å². The molecule has 2 aliphatic carbocycles. The maximum Gasteiger partial charge on any atom is 0.224 e. The Morgan fingerprint density at radius 1 is 1.41 bits per heavy atom. The van der Waals surface area contributed by atoms with Gasteiger partial charge in [-0.1, -0.05) is 24.3 Å². The van der Waals surface area contributed by atoms with E-state index in [2.05, 4.69) is 16.4 Å². The summed E-state index contributed by atoms with van der Waals surface area (Å²) in [6.07, 6.45) is 13.4. The zero-order valence-electron chi connectivity index (χ0n) is 15.6. The zero-order valence-corrected chi connectivity index (χ0v) is 15.6. The number of carbonyl (C=O) groups is 1. The van der Waals surface area contributed by atoms with Crippen LogP contribution in [0.25, 0.3) is 5.57 Å². The lowest BCUT2D eigenvalue weighted by molar-refractivity contribution is -0.120. The third-order valence-corrected chi connectivity index (χ3v) is 4.61. The fraction of sp³-hybridized carbons (Fsp3) is 0.364. The monoisotopic (exact) mass is 368 g/mol. The molecule has 1 amide bonds. The summed E-state index contributed by atoms with van der Waals surface area (Å²) in [5, 5.41) is 2.87. The van der Waals surface area contributed by atoms with Crippen molar-refractivity contribution in [1.82, 2.24) is 10.3 Å². The molecule has 1 unspecified atom stereocenters. The zero-order chi connectivity index (χ0) is 19.1. The Morgan fingerprint density at radius 3 is 3.04 bits per heavy atom. The van der Waals surface area contributed by atoms with Crippen molar-refractivity contribution >= 4 is 11.5 Å². The van der Waals surface area contributed by atoms with Crippen LogP contribution >= 0.6 is 0 Å². The SMILES string of the molecule is CCOC1=C(c2ccc(CC(=O)NCC3C=CC=C(F)C3)cn2)CCC=C1. The first-order valence-corrected chi connectivity index (χ1v) is 9.43. The summed E-state index contributed by atoms with van der Waals surface area (Å²) in [6, 6.07) is 3.87. The second kappa shape index (κ2) is 9.31. The van der Waals surface area contributed by atoms with E-state index in [0.29, 0.717) is 19.6 Å². The Hall–Kier alpha value is -2.69. The number of nitrogens with zero attached hydrogens (tertiary/aromatic N) is 1. The van der Waals surface area contributed by atoms with Gasteiger partial charge in [-0.3, -0.25) is 9.78 Å². The second-order valence-electron chi connectivity index (χ2n) is 6.71. The number of ether oxygens (including phenoxy) is 1. The molecular formula is C22H25FN2O2. The third kappa shape index (κ3) is 5.39. The molecule has 0 saturated heterocycles. The molecule has 27 heavy (non-hydrogen) atoms. The van der Waals surface area contributed by atoms with E-state index in [0.717, 1.165) is 35.4 Å². The molecule has 0 fully saturated rings. The Bertz CT molecular complexity index is 791. The molecule has 1 atom stereocenters. The lowest BCUT2D eigenvalue weighted by Gasteiger charge is -2.16. The van der Waals surface area contributed by atoms with Crippen LogP contribution in [0, 0.1) is 5.92 Å². The van der Waals surface area contributed by atoms with E-state index in [4.69, 9.17) is 4.74 Å². The first-order valence-electron chi connectivity index (χ1n) is 9.43. The number of nitrogens with one attached hydrogen (secondary N) is 1. The fourth-order valence-electron chi connectivity index (χ4n) is 3.23. The molecule has 1 heterocycles. The molecule has 142 valence electrons. The van der Waals surface area contributed by atoms with Gasteiger partial charge >= 0.3 is 0 Å². The van der Waals surface area contributed by atoms with Crippen molar-refractivity contribution in [2.45, 2.75) is 32.6 Å². The average Bonchev–Trinajstić information content (AvgIpc) is 2.68. The summed E-state index contributed by atoms with van der Waals surface area (Å²) in [4.78, 5) is 16.7. The van der Waals surface area contributed by atoms with E-state index < -0.39 is 0 Å². The standard InChI is InChI=1S/C22H25FN2O2/c1-2-27-21-9-4-3-8-19(21)20-11-10-17(14-24-20)13-22(26)25-15-16-6-5-7-18(23)12-16/h4-7,9-11,14,16H,2-3,8,12-13,15H2,1H3,(H,25,26). The highest BCUT2D eigenvalue weighted by Crippen LogP contribution is 2.28. The average molecular weight is 368 g/mol. The highest BCUT2D eigenvalue weighted by Gasteiger charge is 2.15. The second-order valence-corrected chi connectivity index (χ2v) is 6.71. The van der Waals surface area contributed by atoms with Gasteiger partial charge < -0.3 is 10.1 Å². The van der Waals surface area contributed by atoms with Crippen LogP contribution < -0.4 is 5.32 Å². The van der Waals surface area contributed by atoms with Gasteiger partial charge in [0.25, 0.3) is 0 Å². The summed E-state index contributed by atoms with van der Waals surface area (Å²) in [6.45, 7) is 3.03. The van der Waals surface area contributed by atoms with E-state index in [9.17, 15) is 9.18 Å². The first-order chi connectivity index (χ1) is 13.2. The molecule has 2 aliphatic rings. The van der Waals surface area contributed by atoms with Crippen LogP contribution in [0.3, 0.4) is 0 Å². The highest BCUT2D eigenvalue weighted by molar-refractivity contribution is 5.78. The molecule has 0 radical (unpaired) electrons. The number of hydrogen-bond donors (Lipinski definition) is 1. The fourth-order valence-corrected chi connectivity index (χ4v) is 3.23. The van der Waals surface area contributed by atoms with Crippen molar-refractivity contribution < 1.29 is 13.9 Å². The number of hydrogen-bond acceptors (Lipinski definition) is 3. The van der Waals surface area contributed by atoms with Crippen LogP contribution in [0.1, 0.15) is 37.4 Å². The lowest BCUT2D eigenvalue weighted by Crippen LogP contribution is -2.30. The van der Waals surface area contributed by atoms with Gasteiger partial charge in [-0.05, 0) is 43.5 Å². The summed E-state index contributed by atoms with van der Waals surface area (Å²) in [5.74, 6) is 0.670. The minimum atomic E-state index is -0.144. The van der Waals surface area contributed by atoms with Gasteiger partial charge in [0.15, 0.2) is 0 Å². The third-order valence-electron chi connectivity index (χ3n) is 4.61. The quantitative estimate of drug-likeness (QED) is 0.782. The summed E-state index contributed by atoms with van der Waals surface area (Å²) in [5.41, 5.74) is 2.85. The summed E-state index contributed by atoms with van der Waals surface area (Å²) >= 11 is 0. The van der Waals surface area contributed by atoms with E-state index in [1.54, 1.807) is 12.3 Å². The highest BCUT2D eigenvalue weighted by atomic mass is 19.1. The van der Waals surface area contributed by atoms with E-state index >= 15 is 0 Å². The molecule has 0 saturated carbocycles. The van der Waals surface area contributed by atoms with Crippen molar-refractivity contribution in [1.29, 1.82) is 0 Å². The molecule has 0 aliphatic heterocycles. The number of rotatable bonds is 7. The van der Waals surface area contributed by atoms with Crippen molar-refractivity contribution in [2.24, 2.45) is 5.92 Å². The lowest BCUT2D eigenvalue weighted by atomic mass is 9.99. The van der Waals surface area contributed by atoms with Gasteiger partial charge in [0, 0.05) is 30.7 Å². The normalized spacial score (nSPS) is 19.0. The molecule has 1 aromatic heterocycles. The predicted molar refractivity (Wildman–Crippen MR) is 104 cm³/mol. The van der Waals surface area contributed by atoms with E-state index in [1.807, 2.05) is 31.2 Å². The molecular weight excluding hydrogens is 343 g/mol. The molecule has 0 aromatic carbocycles. The predicted octanol–water partition coefficient (Wildman–Crippen LogP) is 4.27. The topological polar surface area (TPSA) is 51.2 Å². The molecule has 4 nitrogen and oxygen atoms in total. The molecule has 3 rings (SSSR count). The Balaban J connectivity index is 1.56. The number of pyridine rings is 1. The molecule has 0 bridgehead atoms. The van der Waals surface area contributed by atoms with E-state index in [1.165, 1.54) is 6.08 Å². The largest absolute Gasteiger partial charge is 0.494 e. The number of carbonyl (C=O) groups excluding carboxylic acids is 1. The van der Waals surface area contributed by atoms with Crippen molar-refractivity contribution in [3.8, 4) is 0 Å². The number of aromatic nitrogens is 1. The van der Waals surface area contributed by atoms with Crippen LogP contribution in [0.4, 0.5) is 4.39 Å². The summed E-state index contributed by atoms with van der Waals surface area (Å²) in [7, 11) is 0. The van der Waals surface area contributed by atoms with Crippen molar-refractivity contribution in [3.63, 3.8) is 0 Å². The van der Waals surface area contributed by atoms with Gasteiger partial charge in [0.2, 0.25) is 5.91 Å². The van der Waals surface area contributed by atoms with Crippen LogP contribution in [0.15, 0.2) is 60.3 Å². The molecule has 5 heteroatoms. The minimum Gasteiger partial charge on any atom is -0.494 e. The van der Waals surface area contributed by atoms with Crippen LogP contribution in [0.2, 0.25) is 0 Å². The summed E-state index contributed by atoms with van der Waals surface area (Å²) < 4.78 is 18.9. The Kier molecular flexibility index (Phi) is 6.58. The molecule has 0 spiro atoms. The maximum absolute atomic E-state index is 13.2. The van der Waals surface area contributed by atoms with Crippen LogP contribution in [-0.2, 0) is 16.0 Å². The minimum absolute atomic E-state index is 0.0164. The smallest absolute Gasteiger partial charge is 0.224 e. The van der Waals surface area contributed by atoms with Crippen LogP contribution in [-0.4, -0.2) is 24.0 Å². The van der Waals surface area contributed by atoms with Gasteiger partial charge in [-0.25, -0.2) is 4.39 Å². The van der Waals surface area contributed by atoms with Crippen molar-refractivity contribution in [3.05, 3.63) is 71.6 Å². The molecule has 1 N–H and O–H groups in total. The Labute approximate surface area is 159 Å². The maximum atomic E-state index is 13.2. The number of halogens is 1. The van der Waals surface area contributed by atoms with Gasteiger partial charge in [0.1, 0.15) is 11.6 Å². The van der Waals surface area contributed by atoms with E-state index in [-0.39, 0.29) is 24.1 Å².